The number of ether oxygens (including phenoxy) is 1. The van der Waals surface area contributed by atoms with E-state index in [2.05, 4.69) is 12.2 Å². The Morgan fingerprint density at radius 3 is 2.58 bits per heavy atom. The molecule has 5 rings (SSSR count). The van der Waals surface area contributed by atoms with E-state index >= 15 is 0 Å². The van der Waals surface area contributed by atoms with Gasteiger partial charge in [-0.2, -0.15) is 0 Å². The molecule has 2 unspecified atom stereocenters. The number of ketones is 1. The standard InChI is InChI=1S/C30H32N2O4/c1-3-4-5-12-28(34)32-25-10-7-6-9-23(25)31-24-18-21(20-13-15-22(35-2)16-14-20)19-26(33)29(24)30(32)27-11-8-17-36-27/h6-11,13-17,21,30-31H,3-5,12,18-19H2,1-2H3. The number of nitrogens with one attached hydrogen (secondary N) is 1. The van der Waals surface area contributed by atoms with E-state index in [1.807, 2.05) is 60.7 Å². The van der Waals surface area contributed by atoms with Crippen molar-refractivity contribution in [3.63, 3.8) is 0 Å². The van der Waals surface area contributed by atoms with Gasteiger partial charge in [-0.15, -0.1) is 0 Å². The third-order valence-electron chi connectivity index (χ3n) is 7.15. The summed E-state index contributed by atoms with van der Waals surface area (Å²) in [7, 11) is 1.65. The highest BCUT2D eigenvalue weighted by Crippen LogP contribution is 2.47. The number of hydrogen-bond acceptors (Lipinski definition) is 5. The maximum absolute atomic E-state index is 13.9. The number of furan rings is 1. The van der Waals surface area contributed by atoms with E-state index in [0.717, 1.165) is 47.6 Å². The van der Waals surface area contributed by atoms with Crippen molar-refractivity contribution in [3.8, 4) is 5.75 Å². The molecule has 6 nitrogen and oxygen atoms in total. The number of rotatable bonds is 7. The number of nitrogens with zero attached hydrogens (tertiary/aromatic N) is 1. The van der Waals surface area contributed by atoms with Crippen molar-refractivity contribution in [2.24, 2.45) is 0 Å². The van der Waals surface area contributed by atoms with Crippen LogP contribution >= 0.6 is 0 Å². The Hall–Kier alpha value is -3.80. The highest BCUT2D eigenvalue weighted by atomic mass is 16.5. The maximum Gasteiger partial charge on any atom is 0.228 e. The lowest BCUT2D eigenvalue weighted by molar-refractivity contribution is -0.119. The second kappa shape index (κ2) is 10.4. The second-order valence-electron chi connectivity index (χ2n) is 9.47. The first kappa shape index (κ1) is 23.9. The van der Waals surface area contributed by atoms with Crippen LogP contribution in [0.4, 0.5) is 11.4 Å². The normalized spacial score (nSPS) is 19.3. The van der Waals surface area contributed by atoms with E-state index in [4.69, 9.17) is 9.15 Å². The van der Waals surface area contributed by atoms with Gasteiger partial charge in [0.15, 0.2) is 5.78 Å². The molecule has 2 aromatic carbocycles. The molecular formula is C30H32N2O4. The third kappa shape index (κ3) is 4.55. The van der Waals surface area contributed by atoms with Crippen molar-refractivity contribution in [1.29, 1.82) is 0 Å². The first-order valence-electron chi connectivity index (χ1n) is 12.7. The summed E-state index contributed by atoms with van der Waals surface area (Å²) in [5, 5.41) is 3.56. The summed E-state index contributed by atoms with van der Waals surface area (Å²) < 4.78 is 11.2. The molecule has 0 radical (unpaired) electrons. The van der Waals surface area contributed by atoms with Crippen LogP contribution in [0.1, 0.15) is 68.7 Å². The summed E-state index contributed by atoms with van der Waals surface area (Å²) in [6, 6.07) is 18.8. The molecule has 0 spiro atoms. The summed E-state index contributed by atoms with van der Waals surface area (Å²) in [6.07, 6.45) is 5.90. The lowest BCUT2D eigenvalue weighted by Crippen LogP contribution is -2.38. The molecule has 1 aliphatic carbocycles. The minimum atomic E-state index is -0.607. The third-order valence-corrected chi connectivity index (χ3v) is 7.15. The Labute approximate surface area is 211 Å². The number of anilines is 2. The zero-order chi connectivity index (χ0) is 25.1. The summed E-state index contributed by atoms with van der Waals surface area (Å²) in [5.74, 6) is 1.45. The molecule has 0 saturated heterocycles. The van der Waals surface area contributed by atoms with E-state index in [-0.39, 0.29) is 17.6 Å². The average Bonchev–Trinajstić information content (AvgIpc) is 3.38. The number of allylic oxidation sites excluding steroid dienone is 1. The average molecular weight is 485 g/mol. The molecule has 1 N–H and O–H groups in total. The van der Waals surface area contributed by atoms with Crippen LogP contribution in [0.25, 0.3) is 0 Å². The van der Waals surface area contributed by atoms with Gasteiger partial charge in [0.05, 0.1) is 24.7 Å². The van der Waals surface area contributed by atoms with Crippen LogP contribution in [0.5, 0.6) is 5.75 Å². The molecule has 0 saturated carbocycles. The number of para-hydroxylation sites is 2. The summed E-state index contributed by atoms with van der Waals surface area (Å²) in [5.41, 5.74) is 4.16. The van der Waals surface area contributed by atoms with E-state index in [0.29, 0.717) is 30.6 Å². The number of fused-ring (bicyclic) bond motifs is 1. The SMILES string of the molecule is CCCCCC(=O)N1c2ccccc2NC2=C(C(=O)CC(c3ccc(OC)cc3)C2)C1c1ccco1. The first-order chi connectivity index (χ1) is 17.6. The van der Waals surface area contributed by atoms with Gasteiger partial charge in [-0.1, -0.05) is 44.0 Å². The summed E-state index contributed by atoms with van der Waals surface area (Å²) >= 11 is 0. The van der Waals surface area contributed by atoms with Gasteiger partial charge in [0.25, 0.3) is 0 Å². The number of unbranched alkanes of at least 4 members (excludes halogenated alkanes) is 2. The Balaban J connectivity index is 1.60. The van der Waals surface area contributed by atoms with Crippen LogP contribution in [0.3, 0.4) is 0 Å². The smallest absolute Gasteiger partial charge is 0.228 e. The Morgan fingerprint density at radius 1 is 1.06 bits per heavy atom. The molecule has 1 aliphatic heterocycles. The van der Waals surface area contributed by atoms with Crippen molar-refractivity contribution in [3.05, 3.63) is 89.5 Å². The summed E-state index contributed by atoms with van der Waals surface area (Å²) in [6.45, 7) is 2.12. The monoisotopic (exact) mass is 484 g/mol. The van der Waals surface area contributed by atoms with Crippen molar-refractivity contribution in [1.82, 2.24) is 0 Å². The predicted molar refractivity (Wildman–Crippen MR) is 140 cm³/mol. The zero-order valence-corrected chi connectivity index (χ0v) is 20.8. The minimum absolute atomic E-state index is 0.00192. The van der Waals surface area contributed by atoms with Crippen LogP contribution in [0.2, 0.25) is 0 Å². The maximum atomic E-state index is 13.9. The van der Waals surface area contributed by atoms with Crippen molar-refractivity contribution in [2.45, 2.75) is 57.4 Å². The predicted octanol–water partition coefficient (Wildman–Crippen LogP) is 6.77. The van der Waals surface area contributed by atoms with E-state index in [1.54, 1.807) is 18.3 Å². The number of carbonyl (C=O) groups excluding carboxylic acids is 2. The fourth-order valence-electron chi connectivity index (χ4n) is 5.34. The van der Waals surface area contributed by atoms with Crippen molar-refractivity contribution >= 4 is 23.1 Å². The van der Waals surface area contributed by atoms with Crippen LogP contribution in [0, 0.1) is 0 Å². The molecule has 36 heavy (non-hydrogen) atoms. The molecule has 2 atom stereocenters. The molecular weight excluding hydrogens is 452 g/mol. The van der Waals surface area contributed by atoms with Gasteiger partial charge in [0.2, 0.25) is 5.91 Å². The molecule has 2 heterocycles. The molecule has 0 fully saturated rings. The van der Waals surface area contributed by atoms with E-state index < -0.39 is 6.04 Å². The first-order valence-corrected chi connectivity index (χ1v) is 12.7. The topological polar surface area (TPSA) is 71.8 Å². The molecule has 1 amide bonds. The summed E-state index contributed by atoms with van der Waals surface area (Å²) in [4.78, 5) is 29.4. The molecule has 2 aliphatic rings. The van der Waals surface area contributed by atoms with Crippen LogP contribution in [0.15, 0.2) is 82.6 Å². The second-order valence-corrected chi connectivity index (χ2v) is 9.47. The lowest BCUT2D eigenvalue weighted by Gasteiger charge is -2.33. The van der Waals surface area contributed by atoms with Crippen LogP contribution in [-0.2, 0) is 9.59 Å². The van der Waals surface area contributed by atoms with Gasteiger partial charge in [0.1, 0.15) is 17.6 Å². The van der Waals surface area contributed by atoms with E-state index in [9.17, 15) is 9.59 Å². The highest BCUT2D eigenvalue weighted by molar-refractivity contribution is 6.06. The van der Waals surface area contributed by atoms with Crippen LogP contribution in [-0.4, -0.2) is 18.8 Å². The van der Waals surface area contributed by atoms with E-state index in [1.165, 1.54) is 0 Å². The van der Waals surface area contributed by atoms with Crippen molar-refractivity contribution in [2.75, 3.05) is 17.3 Å². The Kier molecular flexibility index (Phi) is 6.94. The number of amides is 1. The fourth-order valence-corrected chi connectivity index (χ4v) is 5.34. The number of methoxy groups -OCH3 is 1. The largest absolute Gasteiger partial charge is 0.497 e. The quantitative estimate of drug-likeness (QED) is 0.375. The number of carbonyl (C=O) groups is 2. The van der Waals surface area contributed by atoms with Gasteiger partial charge in [-0.25, -0.2) is 0 Å². The van der Waals surface area contributed by atoms with Gasteiger partial charge >= 0.3 is 0 Å². The Morgan fingerprint density at radius 2 is 1.86 bits per heavy atom. The molecule has 6 heteroatoms. The minimum Gasteiger partial charge on any atom is -0.497 e. The number of hydrogen-bond donors (Lipinski definition) is 1. The van der Waals surface area contributed by atoms with Crippen molar-refractivity contribution < 1.29 is 18.7 Å². The fraction of sp³-hybridized carbons (Fsp3) is 0.333. The Bertz CT molecular complexity index is 1260. The highest BCUT2D eigenvalue weighted by Gasteiger charge is 2.42. The van der Waals surface area contributed by atoms with Gasteiger partial charge in [-0.3, -0.25) is 14.5 Å². The number of Topliss-reactive ketones (excluding diaryl/α,β-unsaturated/α-hetero) is 1. The zero-order valence-electron chi connectivity index (χ0n) is 20.8. The van der Waals surface area contributed by atoms with Gasteiger partial charge < -0.3 is 14.5 Å². The molecule has 186 valence electrons. The van der Waals surface area contributed by atoms with Gasteiger partial charge in [-0.05, 0) is 60.7 Å². The number of benzene rings is 2. The van der Waals surface area contributed by atoms with Crippen LogP contribution < -0.4 is 15.0 Å². The lowest BCUT2D eigenvalue weighted by atomic mass is 9.79. The molecule has 3 aromatic rings. The molecule has 0 bridgehead atoms. The van der Waals surface area contributed by atoms with Gasteiger partial charge in [0, 0.05) is 24.1 Å². The molecule has 1 aromatic heterocycles.